The first-order valence-corrected chi connectivity index (χ1v) is 8.18. The normalized spacial score (nSPS) is 19.2. The molecule has 18 heavy (non-hydrogen) atoms. The Bertz CT molecular complexity index is 350. The van der Waals surface area contributed by atoms with Crippen molar-refractivity contribution in [1.82, 2.24) is 14.3 Å². The molecule has 0 spiro atoms. The Labute approximate surface area is 112 Å². The van der Waals surface area contributed by atoms with Crippen LogP contribution in [0.25, 0.3) is 0 Å². The van der Waals surface area contributed by atoms with Gasteiger partial charge in [0.15, 0.2) is 0 Å². The summed E-state index contributed by atoms with van der Waals surface area (Å²) in [6.07, 6.45) is 3.82. The molecule has 108 valence electrons. The van der Waals surface area contributed by atoms with Crippen molar-refractivity contribution in [2.45, 2.75) is 58.0 Å². The van der Waals surface area contributed by atoms with Gasteiger partial charge in [-0.2, -0.15) is 17.4 Å². The highest BCUT2D eigenvalue weighted by Crippen LogP contribution is 2.31. The molecule has 1 aliphatic carbocycles. The van der Waals surface area contributed by atoms with Crippen LogP contribution in [0.15, 0.2) is 0 Å². The lowest BCUT2D eigenvalue weighted by Crippen LogP contribution is -2.54. The topological polar surface area (TPSA) is 61.4 Å². The van der Waals surface area contributed by atoms with Crippen molar-refractivity contribution >= 4 is 10.2 Å². The Morgan fingerprint density at radius 2 is 1.94 bits per heavy atom. The van der Waals surface area contributed by atoms with Crippen LogP contribution in [-0.4, -0.2) is 44.4 Å². The second-order valence-electron chi connectivity index (χ2n) is 5.81. The summed E-state index contributed by atoms with van der Waals surface area (Å²) in [7, 11) is -1.69. The van der Waals surface area contributed by atoms with E-state index in [0.717, 1.165) is 32.2 Å². The van der Waals surface area contributed by atoms with Crippen molar-refractivity contribution in [3.63, 3.8) is 0 Å². The molecule has 1 saturated carbocycles. The van der Waals surface area contributed by atoms with Gasteiger partial charge in [-0.1, -0.05) is 13.8 Å². The van der Waals surface area contributed by atoms with E-state index in [-0.39, 0.29) is 5.54 Å². The molecule has 0 aliphatic heterocycles. The summed E-state index contributed by atoms with van der Waals surface area (Å²) in [4.78, 5) is 0. The van der Waals surface area contributed by atoms with E-state index in [1.54, 1.807) is 7.05 Å². The highest BCUT2D eigenvalue weighted by Gasteiger charge is 2.36. The van der Waals surface area contributed by atoms with Gasteiger partial charge in [-0.3, -0.25) is 0 Å². The zero-order valence-corrected chi connectivity index (χ0v) is 12.8. The highest BCUT2D eigenvalue weighted by atomic mass is 32.2. The Balaban J connectivity index is 2.32. The summed E-state index contributed by atoms with van der Waals surface area (Å²) in [5, 5.41) is 3.28. The number of hydrogen-bond acceptors (Lipinski definition) is 3. The zero-order valence-electron chi connectivity index (χ0n) is 12.0. The maximum atomic E-state index is 12.1. The second-order valence-corrected chi connectivity index (χ2v) is 7.58. The minimum Gasteiger partial charge on any atom is -0.314 e. The van der Waals surface area contributed by atoms with Crippen molar-refractivity contribution in [2.75, 3.05) is 20.1 Å². The molecule has 1 rings (SSSR count). The fourth-order valence-corrected chi connectivity index (χ4v) is 3.36. The summed E-state index contributed by atoms with van der Waals surface area (Å²) in [5.74, 6) is 0. The molecule has 0 aromatic carbocycles. The molecule has 0 saturated heterocycles. The van der Waals surface area contributed by atoms with Gasteiger partial charge in [-0.25, -0.2) is 0 Å². The summed E-state index contributed by atoms with van der Waals surface area (Å²) < 4.78 is 28.3. The lowest BCUT2D eigenvalue weighted by molar-refractivity contribution is 0.242. The van der Waals surface area contributed by atoms with Crippen molar-refractivity contribution in [3.05, 3.63) is 0 Å². The van der Waals surface area contributed by atoms with Crippen LogP contribution in [0.5, 0.6) is 0 Å². The van der Waals surface area contributed by atoms with E-state index in [4.69, 9.17) is 0 Å². The molecule has 0 amide bonds. The van der Waals surface area contributed by atoms with Crippen LogP contribution >= 0.6 is 0 Å². The van der Waals surface area contributed by atoms with E-state index >= 15 is 0 Å². The summed E-state index contributed by atoms with van der Waals surface area (Å²) >= 11 is 0. The van der Waals surface area contributed by atoms with Gasteiger partial charge in [0.2, 0.25) is 0 Å². The van der Waals surface area contributed by atoms with Crippen LogP contribution in [0.4, 0.5) is 0 Å². The average Bonchev–Trinajstić information content (AvgIpc) is 2.21. The fourth-order valence-electron chi connectivity index (χ4n) is 2.01. The van der Waals surface area contributed by atoms with Crippen LogP contribution in [0, 0.1) is 0 Å². The minimum atomic E-state index is -3.32. The molecular formula is C12H27N3O2S. The van der Waals surface area contributed by atoms with Gasteiger partial charge >= 0.3 is 0 Å². The monoisotopic (exact) mass is 277 g/mol. The first kappa shape index (κ1) is 15.9. The number of hydrogen-bond donors (Lipinski definition) is 2. The third-order valence-electron chi connectivity index (χ3n) is 3.45. The maximum Gasteiger partial charge on any atom is 0.279 e. The SMILES string of the molecule is CC(C)NCCCN(C)S(=O)(=O)NC1(C)CCC1. The predicted molar refractivity (Wildman–Crippen MR) is 74.7 cm³/mol. The van der Waals surface area contributed by atoms with Crippen molar-refractivity contribution in [3.8, 4) is 0 Å². The smallest absolute Gasteiger partial charge is 0.279 e. The lowest BCUT2D eigenvalue weighted by atomic mass is 9.80. The fraction of sp³-hybridized carbons (Fsp3) is 1.00. The predicted octanol–water partition coefficient (Wildman–Crippen LogP) is 1.08. The van der Waals surface area contributed by atoms with Gasteiger partial charge in [-0.05, 0) is 39.2 Å². The van der Waals surface area contributed by atoms with Crippen molar-refractivity contribution in [1.29, 1.82) is 0 Å². The first-order valence-electron chi connectivity index (χ1n) is 6.74. The average molecular weight is 277 g/mol. The van der Waals surface area contributed by atoms with Crippen LogP contribution < -0.4 is 10.0 Å². The van der Waals surface area contributed by atoms with Gasteiger partial charge < -0.3 is 5.32 Å². The van der Waals surface area contributed by atoms with Gasteiger partial charge in [0.25, 0.3) is 10.2 Å². The van der Waals surface area contributed by atoms with Crippen molar-refractivity contribution in [2.24, 2.45) is 0 Å². The van der Waals surface area contributed by atoms with E-state index in [1.165, 1.54) is 4.31 Å². The molecule has 0 unspecified atom stereocenters. The largest absolute Gasteiger partial charge is 0.314 e. The van der Waals surface area contributed by atoms with Gasteiger partial charge in [0, 0.05) is 25.2 Å². The molecule has 0 bridgehead atoms. The molecule has 1 fully saturated rings. The Kier molecular flexibility index (Phi) is 5.58. The zero-order chi connectivity index (χ0) is 13.8. The molecular weight excluding hydrogens is 250 g/mol. The minimum absolute atomic E-state index is 0.219. The standard InChI is InChI=1S/C12H27N3O2S/c1-11(2)13-9-6-10-15(4)18(16,17)14-12(3)7-5-8-12/h11,13-14H,5-10H2,1-4H3. The highest BCUT2D eigenvalue weighted by molar-refractivity contribution is 7.87. The van der Waals surface area contributed by atoms with E-state index in [1.807, 2.05) is 6.92 Å². The van der Waals surface area contributed by atoms with Crippen LogP contribution in [0.2, 0.25) is 0 Å². The molecule has 0 heterocycles. The Morgan fingerprint density at radius 3 is 2.39 bits per heavy atom. The number of nitrogens with zero attached hydrogens (tertiary/aromatic N) is 1. The number of rotatable bonds is 8. The van der Waals surface area contributed by atoms with E-state index < -0.39 is 10.2 Å². The molecule has 2 N–H and O–H groups in total. The van der Waals surface area contributed by atoms with E-state index in [9.17, 15) is 8.42 Å². The van der Waals surface area contributed by atoms with Gasteiger partial charge in [0.05, 0.1) is 0 Å². The Hall–Kier alpha value is -0.170. The molecule has 0 radical (unpaired) electrons. The molecule has 0 aromatic heterocycles. The molecule has 1 aliphatic rings. The van der Waals surface area contributed by atoms with Crippen LogP contribution in [-0.2, 0) is 10.2 Å². The number of nitrogens with one attached hydrogen (secondary N) is 2. The first-order chi connectivity index (χ1) is 8.25. The van der Waals surface area contributed by atoms with Gasteiger partial charge in [-0.15, -0.1) is 0 Å². The quantitative estimate of drug-likeness (QED) is 0.653. The van der Waals surface area contributed by atoms with Crippen LogP contribution in [0.1, 0.15) is 46.5 Å². The molecule has 0 aromatic rings. The maximum absolute atomic E-state index is 12.1. The van der Waals surface area contributed by atoms with E-state index in [0.29, 0.717) is 12.6 Å². The van der Waals surface area contributed by atoms with Crippen LogP contribution in [0.3, 0.4) is 0 Å². The Morgan fingerprint density at radius 1 is 1.33 bits per heavy atom. The third kappa shape index (κ3) is 4.84. The second kappa shape index (κ2) is 6.32. The summed E-state index contributed by atoms with van der Waals surface area (Å²) in [6.45, 7) is 7.53. The van der Waals surface area contributed by atoms with E-state index in [2.05, 4.69) is 23.9 Å². The molecule has 0 atom stereocenters. The lowest BCUT2D eigenvalue weighted by Gasteiger charge is -2.39. The molecule has 6 heteroatoms. The third-order valence-corrected chi connectivity index (χ3v) is 5.20. The summed E-state index contributed by atoms with van der Waals surface area (Å²) in [6, 6.07) is 0.443. The summed E-state index contributed by atoms with van der Waals surface area (Å²) in [5.41, 5.74) is -0.219. The van der Waals surface area contributed by atoms with Crippen molar-refractivity contribution < 1.29 is 8.42 Å². The molecule has 5 nitrogen and oxygen atoms in total. The van der Waals surface area contributed by atoms with Gasteiger partial charge in [0.1, 0.15) is 0 Å².